The molecule has 0 saturated carbocycles. The van der Waals surface area contributed by atoms with Gasteiger partial charge in [0.25, 0.3) is 0 Å². The summed E-state index contributed by atoms with van der Waals surface area (Å²) in [5, 5.41) is 18.7. The van der Waals surface area contributed by atoms with Crippen LogP contribution in [-0.4, -0.2) is 51.9 Å². The van der Waals surface area contributed by atoms with E-state index in [1.807, 2.05) is 24.3 Å². The number of likely N-dealkylation sites (tertiary alicyclic amines) is 1. The van der Waals surface area contributed by atoms with E-state index in [2.05, 4.69) is 15.5 Å². The minimum Gasteiger partial charge on any atom is -0.497 e. The van der Waals surface area contributed by atoms with Gasteiger partial charge in [-0.25, -0.2) is 4.79 Å². The Morgan fingerprint density at radius 3 is 2.79 bits per heavy atom. The molecule has 0 aliphatic carbocycles. The van der Waals surface area contributed by atoms with Gasteiger partial charge < -0.3 is 15.2 Å². The fourth-order valence-electron chi connectivity index (χ4n) is 2.78. The van der Waals surface area contributed by atoms with E-state index < -0.39 is 12.1 Å². The first kappa shape index (κ1) is 15.9. The van der Waals surface area contributed by atoms with Crippen LogP contribution >= 0.6 is 0 Å². The van der Waals surface area contributed by atoms with Gasteiger partial charge in [0.1, 0.15) is 11.8 Å². The first-order valence-corrected chi connectivity index (χ1v) is 7.59. The number of amides is 2. The van der Waals surface area contributed by atoms with E-state index in [4.69, 9.17) is 9.84 Å². The highest BCUT2D eigenvalue weighted by Crippen LogP contribution is 2.23. The zero-order valence-electron chi connectivity index (χ0n) is 13.2. The van der Waals surface area contributed by atoms with Crippen LogP contribution in [-0.2, 0) is 4.79 Å². The number of H-pyrrole nitrogens is 1. The number of hydrogen-bond acceptors (Lipinski definition) is 4. The maximum absolute atomic E-state index is 12.3. The monoisotopic (exact) mass is 330 g/mol. The molecular weight excluding hydrogens is 312 g/mol. The highest BCUT2D eigenvalue weighted by atomic mass is 16.5. The Bertz CT molecular complexity index is 741. The van der Waals surface area contributed by atoms with Crippen molar-refractivity contribution in [2.75, 3.05) is 19.0 Å². The number of carbonyl (C=O) groups is 2. The topological polar surface area (TPSA) is 108 Å². The Morgan fingerprint density at radius 2 is 2.12 bits per heavy atom. The largest absolute Gasteiger partial charge is 0.497 e. The second-order valence-electron chi connectivity index (χ2n) is 5.52. The standard InChI is InChI=1S/C16H18N4O4/c1-24-11-6-4-10(5-7-11)12-9-14(19-18-12)17-15(21)13-3-2-8-20(13)16(22)23/h4-7,9,13H,2-3,8H2,1H3,(H,22,23)(H2,17,18,19,21). The molecule has 8 heteroatoms. The van der Waals surface area contributed by atoms with Crippen molar-refractivity contribution in [1.82, 2.24) is 15.1 Å². The van der Waals surface area contributed by atoms with Crippen molar-refractivity contribution in [2.24, 2.45) is 0 Å². The molecular formula is C16H18N4O4. The van der Waals surface area contributed by atoms with Crippen LogP contribution in [0.2, 0.25) is 0 Å². The average molecular weight is 330 g/mol. The van der Waals surface area contributed by atoms with Crippen molar-refractivity contribution in [2.45, 2.75) is 18.9 Å². The number of anilines is 1. The molecule has 3 rings (SSSR count). The molecule has 1 aromatic heterocycles. The molecule has 1 fully saturated rings. The maximum Gasteiger partial charge on any atom is 0.407 e. The summed E-state index contributed by atoms with van der Waals surface area (Å²) in [5.41, 5.74) is 1.64. The van der Waals surface area contributed by atoms with E-state index in [1.165, 1.54) is 0 Å². The SMILES string of the molecule is COc1ccc(-c2cc(NC(=O)C3CCCN3C(=O)O)n[nH]2)cc1. The molecule has 2 heterocycles. The zero-order valence-corrected chi connectivity index (χ0v) is 13.2. The van der Waals surface area contributed by atoms with Crippen molar-refractivity contribution in [3.8, 4) is 17.0 Å². The molecule has 126 valence electrons. The highest BCUT2D eigenvalue weighted by Gasteiger charge is 2.34. The van der Waals surface area contributed by atoms with Gasteiger partial charge in [-0.1, -0.05) is 0 Å². The minimum absolute atomic E-state index is 0.359. The zero-order chi connectivity index (χ0) is 17.1. The number of aromatic amines is 1. The van der Waals surface area contributed by atoms with Gasteiger partial charge in [0.15, 0.2) is 5.82 Å². The molecule has 0 spiro atoms. The lowest BCUT2D eigenvalue weighted by Gasteiger charge is -2.19. The third-order valence-corrected chi connectivity index (χ3v) is 4.03. The molecule has 1 aliphatic rings. The van der Waals surface area contributed by atoms with Gasteiger partial charge in [-0.15, -0.1) is 0 Å². The predicted molar refractivity (Wildman–Crippen MR) is 87.0 cm³/mol. The molecule has 1 unspecified atom stereocenters. The molecule has 2 amide bonds. The number of hydrogen-bond donors (Lipinski definition) is 3. The van der Waals surface area contributed by atoms with Crippen molar-refractivity contribution in [3.05, 3.63) is 30.3 Å². The minimum atomic E-state index is -1.08. The Morgan fingerprint density at radius 1 is 1.38 bits per heavy atom. The van der Waals surface area contributed by atoms with Gasteiger partial charge in [0.2, 0.25) is 5.91 Å². The van der Waals surface area contributed by atoms with Crippen LogP contribution in [0.3, 0.4) is 0 Å². The molecule has 2 aromatic rings. The van der Waals surface area contributed by atoms with E-state index in [0.29, 0.717) is 25.2 Å². The Balaban J connectivity index is 1.69. The number of benzene rings is 1. The molecule has 24 heavy (non-hydrogen) atoms. The summed E-state index contributed by atoms with van der Waals surface area (Å²) in [6.45, 7) is 0.380. The van der Waals surface area contributed by atoms with Crippen molar-refractivity contribution in [3.63, 3.8) is 0 Å². The molecule has 1 saturated heterocycles. The van der Waals surface area contributed by atoms with Crippen LogP contribution in [0.25, 0.3) is 11.3 Å². The number of nitrogens with zero attached hydrogens (tertiary/aromatic N) is 2. The van der Waals surface area contributed by atoms with Crippen LogP contribution in [0.1, 0.15) is 12.8 Å². The number of rotatable bonds is 4. The van der Waals surface area contributed by atoms with Gasteiger partial charge in [0.05, 0.1) is 12.8 Å². The molecule has 8 nitrogen and oxygen atoms in total. The van der Waals surface area contributed by atoms with Crippen LogP contribution < -0.4 is 10.1 Å². The second kappa shape index (κ2) is 6.61. The van der Waals surface area contributed by atoms with Gasteiger partial charge >= 0.3 is 6.09 Å². The lowest BCUT2D eigenvalue weighted by atomic mass is 10.1. The van der Waals surface area contributed by atoms with Crippen LogP contribution in [0.15, 0.2) is 30.3 Å². The summed E-state index contributed by atoms with van der Waals surface area (Å²) >= 11 is 0. The van der Waals surface area contributed by atoms with E-state index in [0.717, 1.165) is 21.9 Å². The van der Waals surface area contributed by atoms with E-state index in [9.17, 15) is 9.59 Å². The lowest BCUT2D eigenvalue weighted by molar-refractivity contribution is -0.119. The Kier molecular flexibility index (Phi) is 4.37. The Hall–Kier alpha value is -3.03. The van der Waals surface area contributed by atoms with Gasteiger partial charge in [0, 0.05) is 12.6 Å². The summed E-state index contributed by atoms with van der Waals surface area (Å²) in [6, 6.07) is 8.46. The summed E-state index contributed by atoms with van der Waals surface area (Å²) in [4.78, 5) is 24.6. The van der Waals surface area contributed by atoms with Crippen molar-refractivity contribution in [1.29, 1.82) is 0 Å². The molecule has 1 aliphatic heterocycles. The summed E-state index contributed by atoms with van der Waals surface area (Å²) in [5.74, 6) is 0.757. The number of nitrogens with one attached hydrogen (secondary N) is 2. The second-order valence-corrected chi connectivity index (χ2v) is 5.52. The number of ether oxygens (including phenoxy) is 1. The normalized spacial score (nSPS) is 16.9. The summed E-state index contributed by atoms with van der Waals surface area (Å²) < 4.78 is 5.11. The van der Waals surface area contributed by atoms with Crippen molar-refractivity contribution >= 4 is 17.8 Å². The number of carboxylic acid groups (broad SMARTS) is 1. The molecule has 0 radical (unpaired) electrons. The fourth-order valence-corrected chi connectivity index (χ4v) is 2.78. The number of methoxy groups -OCH3 is 1. The first-order chi connectivity index (χ1) is 11.6. The van der Waals surface area contributed by atoms with Crippen LogP contribution in [0.5, 0.6) is 5.75 Å². The summed E-state index contributed by atoms with van der Waals surface area (Å²) in [7, 11) is 1.60. The summed E-state index contributed by atoms with van der Waals surface area (Å²) in [6.07, 6.45) is 0.129. The maximum atomic E-state index is 12.3. The highest BCUT2D eigenvalue weighted by molar-refractivity contribution is 5.96. The molecule has 1 aromatic carbocycles. The first-order valence-electron chi connectivity index (χ1n) is 7.59. The van der Waals surface area contributed by atoms with E-state index in [1.54, 1.807) is 13.2 Å². The lowest BCUT2D eigenvalue weighted by Crippen LogP contribution is -2.42. The van der Waals surface area contributed by atoms with Crippen LogP contribution in [0.4, 0.5) is 10.6 Å². The third kappa shape index (κ3) is 3.17. The molecule has 0 bridgehead atoms. The molecule has 1 atom stereocenters. The third-order valence-electron chi connectivity index (χ3n) is 4.03. The number of carbonyl (C=O) groups excluding carboxylic acids is 1. The van der Waals surface area contributed by atoms with Gasteiger partial charge in [-0.2, -0.15) is 5.10 Å². The average Bonchev–Trinajstić information content (AvgIpc) is 3.24. The quantitative estimate of drug-likeness (QED) is 0.796. The van der Waals surface area contributed by atoms with Crippen molar-refractivity contribution < 1.29 is 19.4 Å². The predicted octanol–water partition coefficient (Wildman–Crippen LogP) is 2.17. The Labute approximate surface area is 138 Å². The van der Waals surface area contributed by atoms with E-state index >= 15 is 0 Å². The molecule has 3 N–H and O–H groups in total. The van der Waals surface area contributed by atoms with Gasteiger partial charge in [-0.05, 0) is 42.7 Å². The van der Waals surface area contributed by atoms with Crippen LogP contribution in [0, 0.1) is 0 Å². The van der Waals surface area contributed by atoms with E-state index in [-0.39, 0.29) is 5.91 Å². The fraction of sp³-hybridized carbons (Fsp3) is 0.312. The van der Waals surface area contributed by atoms with Gasteiger partial charge in [-0.3, -0.25) is 14.8 Å². The number of aromatic nitrogens is 2. The smallest absolute Gasteiger partial charge is 0.407 e.